The number of phenolic OH excluding ortho intramolecular Hbond substituents is 2. The summed E-state index contributed by atoms with van der Waals surface area (Å²) < 4.78 is 6.44. The Labute approximate surface area is 322 Å². The molecular formula is C48H62O6. The molecule has 1 aliphatic heterocycles. The predicted octanol–water partition coefficient (Wildman–Crippen LogP) is 9.59. The first-order valence-corrected chi connectivity index (χ1v) is 21.2. The third kappa shape index (κ3) is 4.77. The number of aliphatic hydroxyl groups is 1. The summed E-state index contributed by atoms with van der Waals surface area (Å²) in [6.45, 7) is 16.1. The van der Waals surface area contributed by atoms with Gasteiger partial charge >= 0.3 is 0 Å². The third-order valence-corrected chi connectivity index (χ3v) is 17.9. The van der Waals surface area contributed by atoms with Gasteiger partial charge in [-0.3, -0.25) is 9.59 Å². The zero-order valence-electron chi connectivity index (χ0n) is 33.6. The fourth-order valence-electron chi connectivity index (χ4n) is 16.0. The lowest BCUT2D eigenvalue weighted by Crippen LogP contribution is -2.67. The van der Waals surface area contributed by atoms with Crippen LogP contribution in [0, 0.1) is 51.2 Å². The van der Waals surface area contributed by atoms with Gasteiger partial charge in [-0.05, 0) is 152 Å². The van der Waals surface area contributed by atoms with Gasteiger partial charge in [0.15, 0.2) is 5.78 Å². The minimum atomic E-state index is -0.657. The normalized spacial score (nSPS) is 44.4. The molecule has 0 aromatic heterocycles. The van der Waals surface area contributed by atoms with Crippen molar-refractivity contribution in [3.05, 3.63) is 70.8 Å². The Bertz CT molecular complexity index is 1950. The number of aliphatic hydroxyl groups excluding tert-OH is 1. The number of rotatable bonds is 7. The van der Waals surface area contributed by atoms with Crippen molar-refractivity contribution in [3.8, 4) is 11.5 Å². The van der Waals surface area contributed by atoms with Gasteiger partial charge in [0.05, 0.1) is 17.1 Å². The van der Waals surface area contributed by atoms with Crippen LogP contribution in [0.1, 0.15) is 136 Å². The van der Waals surface area contributed by atoms with E-state index < -0.39 is 22.5 Å². The van der Waals surface area contributed by atoms with Crippen molar-refractivity contribution in [1.82, 2.24) is 0 Å². The van der Waals surface area contributed by atoms with Crippen LogP contribution in [0.3, 0.4) is 0 Å². The van der Waals surface area contributed by atoms with Crippen molar-refractivity contribution >= 4 is 11.6 Å². The highest BCUT2D eigenvalue weighted by Crippen LogP contribution is 2.78. The summed E-state index contributed by atoms with van der Waals surface area (Å²) in [6, 6.07) is 15.2. The second-order valence-corrected chi connectivity index (χ2v) is 20.8. The van der Waals surface area contributed by atoms with Gasteiger partial charge in [-0.25, -0.2) is 0 Å². The summed E-state index contributed by atoms with van der Waals surface area (Å²) in [6.07, 6.45) is 8.87. The molecule has 4 bridgehead atoms. The number of fused-ring (bicyclic) bond motifs is 5. The minimum Gasteiger partial charge on any atom is -0.508 e. The predicted molar refractivity (Wildman–Crippen MR) is 209 cm³/mol. The molecule has 0 amide bonds. The standard InChI is InChI=1S/C48H62O6/c1-27(21-36(51)41-47(7,54-41)34-16-10-15-33(34)28-11-8-13-31(49)22-28)39-35-17-18-38-44(4)26-48(30-12-9-14-32(50)23-30)20-19-29(40(44)43(2,3)42(48)53)24-46(38,6)45(35,5)25-37(39)52/h8-9,11-14,22-23,27,29,33-34,36,38,40-41,49-51H,10,15-21,24-26H2,1-7H3. The van der Waals surface area contributed by atoms with Crippen LogP contribution >= 0.6 is 0 Å². The minimum absolute atomic E-state index is 0.0635. The number of allylic oxidation sites excluding steroid dienone is 2. The highest BCUT2D eigenvalue weighted by atomic mass is 16.6. The van der Waals surface area contributed by atoms with Crippen LogP contribution in [-0.2, 0) is 19.7 Å². The fourth-order valence-corrected chi connectivity index (χ4v) is 16.0. The number of carbonyl (C=O) groups is 2. The summed E-state index contributed by atoms with van der Waals surface area (Å²) in [5.74, 6) is 2.67. The van der Waals surface area contributed by atoms with Crippen molar-refractivity contribution in [2.24, 2.45) is 51.2 Å². The molecule has 1 heterocycles. The molecule has 2 aromatic carbocycles. The molecule has 6 heteroatoms. The maximum Gasteiger partial charge on any atom is 0.159 e. The molecule has 10 rings (SSSR count). The second kappa shape index (κ2) is 11.8. The number of ether oxygens (including phenoxy) is 1. The largest absolute Gasteiger partial charge is 0.508 e. The Morgan fingerprint density at radius 3 is 2.35 bits per heavy atom. The maximum absolute atomic E-state index is 14.8. The number of hydrogen-bond acceptors (Lipinski definition) is 6. The van der Waals surface area contributed by atoms with Crippen LogP contribution in [0.4, 0.5) is 0 Å². The van der Waals surface area contributed by atoms with Crippen LogP contribution in [-0.4, -0.2) is 44.7 Å². The van der Waals surface area contributed by atoms with E-state index in [0.29, 0.717) is 42.1 Å². The molecule has 13 atom stereocenters. The highest BCUT2D eigenvalue weighted by molar-refractivity contribution is 6.01. The number of benzene rings is 2. The van der Waals surface area contributed by atoms with Gasteiger partial charge < -0.3 is 20.1 Å². The van der Waals surface area contributed by atoms with E-state index >= 15 is 0 Å². The van der Waals surface area contributed by atoms with Gasteiger partial charge in [0.25, 0.3) is 0 Å². The average Bonchev–Trinajstić information content (AvgIpc) is 3.46. The molecule has 290 valence electrons. The van der Waals surface area contributed by atoms with Crippen molar-refractivity contribution < 1.29 is 29.6 Å². The molecule has 0 spiro atoms. The van der Waals surface area contributed by atoms with E-state index in [1.165, 1.54) is 5.57 Å². The molecule has 2 aromatic rings. The molecule has 0 radical (unpaired) electrons. The SMILES string of the molecule is CC(CC(O)C1OC1(C)C1CCCC1c1cccc(O)c1)C1=C2CCC3C4(C)CC5(c6cccc(O)c6)CCC(CC3(C)C2(C)CC1=O)C4C(C)(C)C5=O. The van der Waals surface area contributed by atoms with Crippen LogP contribution in [0.25, 0.3) is 0 Å². The van der Waals surface area contributed by atoms with Crippen molar-refractivity contribution in [3.63, 3.8) is 0 Å². The number of phenols is 2. The molecular weight excluding hydrogens is 673 g/mol. The smallest absolute Gasteiger partial charge is 0.159 e. The number of epoxide rings is 1. The van der Waals surface area contributed by atoms with Crippen LogP contribution in [0.15, 0.2) is 59.7 Å². The molecule has 54 heavy (non-hydrogen) atoms. The number of ketones is 2. The van der Waals surface area contributed by atoms with E-state index in [1.807, 2.05) is 24.3 Å². The van der Waals surface area contributed by atoms with Gasteiger partial charge in [0.2, 0.25) is 0 Å². The van der Waals surface area contributed by atoms with Crippen LogP contribution < -0.4 is 0 Å². The Kier molecular flexibility index (Phi) is 8.00. The van der Waals surface area contributed by atoms with Gasteiger partial charge in [0, 0.05) is 17.3 Å². The summed E-state index contributed by atoms with van der Waals surface area (Å²) in [4.78, 5) is 29.2. The Morgan fingerprint density at radius 2 is 1.63 bits per heavy atom. The Morgan fingerprint density at radius 1 is 0.907 bits per heavy atom. The van der Waals surface area contributed by atoms with Crippen molar-refractivity contribution in [2.45, 2.75) is 148 Å². The Hall–Kier alpha value is -2.96. The third-order valence-electron chi connectivity index (χ3n) is 17.9. The summed E-state index contributed by atoms with van der Waals surface area (Å²) in [5, 5.41) is 32.6. The summed E-state index contributed by atoms with van der Waals surface area (Å²) in [5.41, 5.74) is 2.47. The first kappa shape index (κ1) is 36.7. The van der Waals surface area contributed by atoms with E-state index in [0.717, 1.165) is 74.5 Å². The molecule has 7 aliphatic carbocycles. The molecule has 13 unspecified atom stereocenters. The lowest BCUT2D eigenvalue weighted by molar-refractivity contribution is -0.201. The fraction of sp³-hybridized carbons (Fsp3) is 0.667. The van der Waals surface area contributed by atoms with Crippen molar-refractivity contribution in [1.29, 1.82) is 0 Å². The molecule has 8 aliphatic rings. The maximum atomic E-state index is 14.8. The van der Waals surface area contributed by atoms with E-state index in [9.17, 15) is 24.9 Å². The topological polar surface area (TPSA) is 107 Å². The molecule has 3 N–H and O–H groups in total. The number of hydrogen-bond donors (Lipinski definition) is 3. The lowest BCUT2D eigenvalue weighted by Gasteiger charge is -2.70. The van der Waals surface area contributed by atoms with Crippen LogP contribution in [0.2, 0.25) is 0 Å². The zero-order chi connectivity index (χ0) is 38.4. The average molecular weight is 735 g/mol. The van der Waals surface area contributed by atoms with Gasteiger partial charge in [-0.2, -0.15) is 0 Å². The van der Waals surface area contributed by atoms with E-state index in [-0.39, 0.29) is 51.6 Å². The molecule has 6 nitrogen and oxygen atoms in total. The van der Waals surface area contributed by atoms with Crippen molar-refractivity contribution in [2.75, 3.05) is 0 Å². The zero-order valence-corrected chi connectivity index (χ0v) is 33.6. The first-order valence-electron chi connectivity index (χ1n) is 21.2. The number of aromatic hydroxyl groups is 2. The van der Waals surface area contributed by atoms with E-state index in [1.54, 1.807) is 12.1 Å². The summed E-state index contributed by atoms with van der Waals surface area (Å²) in [7, 11) is 0. The molecule has 1 saturated heterocycles. The quantitative estimate of drug-likeness (QED) is 0.245. The lowest BCUT2D eigenvalue weighted by atomic mass is 9.33. The number of Topliss-reactive ketones (excluding diaryl/α,β-unsaturated/α-hetero) is 2. The van der Waals surface area contributed by atoms with Crippen LogP contribution in [0.5, 0.6) is 11.5 Å². The van der Waals surface area contributed by atoms with Gasteiger partial charge in [-0.1, -0.05) is 77.8 Å². The van der Waals surface area contributed by atoms with E-state index in [4.69, 9.17) is 4.74 Å². The first-order chi connectivity index (χ1) is 25.4. The van der Waals surface area contributed by atoms with Gasteiger partial charge in [0.1, 0.15) is 23.4 Å². The molecule has 6 saturated carbocycles. The van der Waals surface area contributed by atoms with Gasteiger partial charge in [-0.15, -0.1) is 0 Å². The number of carbonyl (C=O) groups excluding carboxylic acids is 2. The second-order valence-electron chi connectivity index (χ2n) is 20.8. The van der Waals surface area contributed by atoms with E-state index in [2.05, 4.69) is 60.6 Å². The molecule has 7 fully saturated rings. The Balaban J connectivity index is 0.998. The summed E-state index contributed by atoms with van der Waals surface area (Å²) >= 11 is 0. The monoisotopic (exact) mass is 734 g/mol. The highest BCUT2D eigenvalue weighted by Gasteiger charge is 2.74.